The van der Waals surface area contributed by atoms with Gasteiger partial charge in [-0.15, -0.1) is 23.5 Å². The van der Waals surface area contributed by atoms with Crippen molar-refractivity contribution in [3.63, 3.8) is 0 Å². The minimum atomic E-state index is -0.175. The standard InChI is InChI=1S/C26H36N2O2S6/c1-25(2,27-21(31)15-19-17(23(27)33)5-13-35-19)7-9-29-11-12-30-10-8-26(3,4)28-22(32)16-20-18(24(28)34)6-14-36-20/h15-18H,5-14H2,1-4H3. The molecule has 4 aliphatic rings. The van der Waals surface area contributed by atoms with E-state index < -0.39 is 0 Å². The summed E-state index contributed by atoms with van der Waals surface area (Å²) < 4.78 is 11.9. The zero-order chi connectivity index (χ0) is 26.1. The van der Waals surface area contributed by atoms with E-state index in [4.69, 9.17) is 58.3 Å². The lowest BCUT2D eigenvalue weighted by atomic mass is 9.93. The molecule has 2 atom stereocenters. The average molecular weight is 601 g/mol. The van der Waals surface area contributed by atoms with Crippen LogP contribution in [-0.2, 0) is 9.47 Å². The second kappa shape index (κ2) is 12.1. The summed E-state index contributed by atoms with van der Waals surface area (Å²) in [5, 5.41) is 0. The van der Waals surface area contributed by atoms with Crippen molar-refractivity contribution in [2.24, 2.45) is 11.8 Å². The zero-order valence-electron chi connectivity index (χ0n) is 21.5. The molecule has 2 unspecified atom stereocenters. The second-order valence-electron chi connectivity index (χ2n) is 10.8. The molecule has 2 fully saturated rings. The van der Waals surface area contributed by atoms with Gasteiger partial charge in [-0.05, 0) is 86.8 Å². The molecule has 4 heterocycles. The number of nitrogens with zero attached hydrogens (tertiary/aromatic N) is 2. The molecule has 0 aromatic carbocycles. The first kappa shape index (κ1) is 29.1. The van der Waals surface area contributed by atoms with E-state index in [-0.39, 0.29) is 11.1 Å². The van der Waals surface area contributed by atoms with Gasteiger partial charge in [0.1, 0.15) is 9.98 Å². The molecule has 198 valence electrons. The molecular weight excluding hydrogens is 565 g/mol. The molecule has 0 saturated carbocycles. The number of ether oxygens (including phenoxy) is 2. The van der Waals surface area contributed by atoms with Crippen molar-refractivity contribution in [2.45, 2.75) is 64.5 Å². The highest BCUT2D eigenvalue weighted by atomic mass is 32.2. The molecule has 0 aliphatic carbocycles. The third-order valence-corrected chi connectivity index (χ3v) is 11.2. The lowest BCUT2D eigenvalue weighted by Crippen LogP contribution is -2.53. The molecule has 4 aliphatic heterocycles. The van der Waals surface area contributed by atoms with Crippen molar-refractivity contribution in [1.29, 1.82) is 0 Å². The van der Waals surface area contributed by atoms with Crippen LogP contribution in [0.2, 0.25) is 0 Å². The number of hydrogen-bond acceptors (Lipinski definition) is 8. The van der Waals surface area contributed by atoms with Gasteiger partial charge in [0, 0.05) is 36.1 Å². The summed E-state index contributed by atoms with van der Waals surface area (Å²) in [5.41, 5.74) is -0.350. The van der Waals surface area contributed by atoms with Crippen molar-refractivity contribution < 1.29 is 9.47 Å². The molecule has 0 bridgehead atoms. The monoisotopic (exact) mass is 600 g/mol. The quantitative estimate of drug-likeness (QED) is 0.191. The van der Waals surface area contributed by atoms with Crippen molar-refractivity contribution in [2.75, 3.05) is 37.9 Å². The van der Waals surface area contributed by atoms with Gasteiger partial charge in [-0.1, -0.05) is 48.9 Å². The van der Waals surface area contributed by atoms with E-state index in [2.05, 4.69) is 49.6 Å². The Bertz CT molecular complexity index is 911. The Balaban J connectivity index is 1.15. The topological polar surface area (TPSA) is 24.9 Å². The molecule has 36 heavy (non-hydrogen) atoms. The van der Waals surface area contributed by atoms with Crippen LogP contribution in [0.1, 0.15) is 53.4 Å². The minimum Gasteiger partial charge on any atom is -0.379 e. The van der Waals surface area contributed by atoms with Gasteiger partial charge in [-0.3, -0.25) is 0 Å². The van der Waals surface area contributed by atoms with Crippen LogP contribution in [0.5, 0.6) is 0 Å². The number of thiocarbonyl (C=S) groups is 4. The van der Waals surface area contributed by atoms with Crippen LogP contribution in [0, 0.1) is 11.8 Å². The molecule has 0 radical (unpaired) electrons. The maximum atomic E-state index is 5.93. The summed E-state index contributed by atoms with van der Waals surface area (Å²) in [6, 6.07) is 0. The van der Waals surface area contributed by atoms with E-state index in [1.807, 2.05) is 23.5 Å². The van der Waals surface area contributed by atoms with Crippen molar-refractivity contribution in [3.8, 4) is 0 Å². The van der Waals surface area contributed by atoms with Gasteiger partial charge in [0.05, 0.1) is 23.2 Å². The molecular formula is C26H36N2O2S6. The van der Waals surface area contributed by atoms with Gasteiger partial charge < -0.3 is 19.3 Å². The predicted molar refractivity (Wildman–Crippen MR) is 170 cm³/mol. The summed E-state index contributed by atoms with van der Waals surface area (Å²) >= 11 is 26.9. The van der Waals surface area contributed by atoms with Crippen LogP contribution < -0.4 is 0 Å². The summed E-state index contributed by atoms with van der Waals surface area (Å²) in [5.74, 6) is 2.97. The highest BCUT2D eigenvalue weighted by Gasteiger charge is 2.41. The smallest absolute Gasteiger partial charge is 0.108 e. The molecule has 0 N–H and O–H groups in total. The van der Waals surface area contributed by atoms with Gasteiger partial charge in [-0.25, -0.2) is 0 Å². The van der Waals surface area contributed by atoms with E-state index in [1.54, 1.807) is 0 Å². The van der Waals surface area contributed by atoms with E-state index in [0.717, 1.165) is 57.1 Å². The molecule has 2 saturated heterocycles. The molecule has 4 rings (SSSR count). The molecule has 4 nitrogen and oxygen atoms in total. The summed E-state index contributed by atoms with van der Waals surface area (Å²) in [7, 11) is 0. The second-order valence-corrected chi connectivity index (χ2v) is 14.9. The Morgan fingerprint density at radius 3 is 1.50 bits per heavy atom. The van der Waals surface area contributed by atoms with E-state index in [9.17, 15) is 0 Å². The maximum Gasteiger partial charge on any atom is 0.108 e. The first-order valence-corrected chi connectivity index (χ1v) is 16.2. The van der Waals surface area contributed by atoms with E-state index in [0.29, 0.717) is 38.3 Å². The number of rotatable bonds is 11. The van der Waals surface area contributed by atoms with Gasteiger partial charge in [-0.2, -0.15) is 0 Å². The summed E-state index contributed by atoms with van der Waals surface area (Å²) in [4.78, 5) is 10.7. The number of hydrogen-bond donors (Lipinski definition) is 0. The van der Waals surface area contributed by atoms with Crippen LogP contribution in [0.4, 0.5) is 0 Å². The third kappa shape index (κ3) is 6.27. The van der Waals surface area contributed by atoms with Crippen LogP contribution in [0.3, 0.4) is 0 Å². The lowest BCUT2D eigenvalue weighted by molar-refractivity contribution is 0.0300. The van der Waals surface area contributed by atoms with Gasteiger partial charge in [0.15, 0.2) is 0 Å². The Kier molecular flexibility index (Phi) is 9.74. The van der Waals surface area contributed by atoms with Gasteiger partial charge in [0.25, 0.3) is 0 Å². The molecule has 0 spiro atoms. The minimum absolute atomic E-state index is 0.175. The summed E-state index contributed by atoms with van der Waals surface area (Å²) in [6.45, 7) is 11.2. The van der Waals surface area contributed by atoms with Gasteiger partial charge >= 0.3 is 0 Å². The van der Waals surface area contributed by atoms with Gasteiger partial charge in [0.2, 0.25) is 0 Å². The fraction of sp³-hybridized carbons (Fsp3) is 0.692. The molecule has 0 aromatic heterocycles. The Labute approximate surface area is 246 Å². The van der Waals surface area contributed by atoms with Crippen molar-refractivity contribution in [3.05, 3.63) is 22.0 Å². The fourth-order valence-corrected chi connectivity index (χ4v) is 10.1. The fourth-order valence-electron chi connectivity index (χ4n) is 5.13. The Morgan fingerprint density at radius 1 is 0.722 bits per heavy atom. The van der Waals surface area contributed by atoms with Crippen LogP contribution >= 0.6 is 72.4 Å². The zero-order valence-corrected chi connectivity index (χ0v) is 26.4. The van der Waals surface area contributed by atoms with Crippen molar-refractivity contribution >= 4 is 92.3 Å². The van der Waals surface area contributed by atoms with Crippen LogP contribution in [0.25, 0.3) is 0 Å². The first-order chi connectivity index (χ1) is 17.0. The van der Waals surface area contributed by atoms with Crippen LogP contribution in [-0.4, -0.2) is 78.8 Å². The Morgan fingerprint density at radius 2 is 1.11 bits per heavy atom. The van der Waals surface area contributed by atoms with E-state index in [1.165, 1.54) is 9.81 Å². The Hall–Kier alpha value is 0.0600. The molecule has 0 aromatic rings. The normalized spacial score (nSPS) is 24.8. The lowest BCUT2D eigenvalue weighted by Gasteiger charge is -2.44. The van der Waals surface area contributed by atoms with E-state index >= 15 is 0 Å². The number of thioether (sulfide) groups is 2. The number of fused-ring (bicyclic) bond motifs is 2. The molecule has 0 amide bonds. The predicted octanol–water partition coefficient (Wildman–Crippen LogP) is 6.57. The SMILES string of the molecule is CC(C)(CCOCCOCCC(C)(C)N1C(=S)C=C2SCCC2C1=S)N1C(=S)C=C2SCCC2C1=S. The highest BCUT2D eigenvalue weighted by Crippen LogP contribution is 2.44. The highest BCUT2D eigenvalue weighted by molar-refractivity contribution is 8.03. The average Bonchev–Trinajstić information content (AvgIpc) is 3.44. The van der Waals surface area contributed by atoms with Crippen molar-refractivity contribution in [1.82, 2.24) is 9.80 Å². The third-order valence-electron chi connectivity index (χ3n) is 7.35. The molecule has 10 heteroatoms. The first-order valence-electron chi connectivity index (χ1n) is 12.6. The maximum absolute atomic E-state index is 5.93. The summed E-state index contributed by atoms with van der Waals surface area (Å²) in [6.07, 6.45) is 8.22. The van der Waals surface area contributed by atoms with Crippen LogP contribution in [0.15, 0.2) is 22.0 Å². The largest absolute Gasteiger partial charge is 0.379 e.